The zero-order valence-electron chi connectivity index (χ0n) is 17.1. The first-order valence-corrected chi connectivity index (χ1v) is 9.82. The lowest BCUT2D eigenvalue weighted by atomic mass is 9.99. The number of carbonyl (C=O) groups is 1. The summed E-state index contributed by atoms with van der Waals surface area (Å²) in [5.41, 5.74) is 6.16. The molecule has 1 aliphatic heterocycles. The van der Waals surface area contributed by atoms with Crippen molar-refractivity contribution in [3.8, 4) is 11.3 Å². The minimum atomic E-state index is -0.990. The molecule has 0 radical (unpaired) electrons. The molecule has 2 aromatic carbocycles. The van der Waals surface area contributed by atoms with E-state index < -0.39 is 17.2 Å². The van der Waals surface area contributed by atoms with Gasteiger partial charge in [-0.05, 0) is 56.3 Å². The third kappa shape index (κ3) is 3.65. The van der Waals surface area contributed by atoms with Gasteiger partial charge < -0.3 is 20.5 Å². The van der Waals surface area contributed by atoms with Crippen LogP contribution >= 0.6 is 0 Å². The number of halogens is 3. The van der Waals surface area contributed by atoms with Gasteiger partial charge in [-0.15, -0.1) is 0 Å². The quantitative estimate of drug-likeness (QED) is 0.663. The number of fused-ring (bicyclic) bond motifs is 1. The van der Waals surface area contributed by atoms with Gasteiger partial charge in [0.2, 0.25) is 5.91 Å². The molecule has 0 saturated carbocycles. The Bertz CT molecular complexity index is 1140. The molecule has 0 fully saturated rings. The molecule has 3 N–H and O–H groups in total. The highest BCUT2D eigenvalue weighted by Gasteiger charge is 2.41. The first kappa shape index (κ1) is 20.9. The highest BCUT2D eigenvalue weighted by Crippen LogP contribution is 2.39. The second kappa shape index (κ2) is 7.73. The summed E-state index contributed by atoms with van der Waals surface area (Å²) >= 11 is 0. The molecule has 6 nitrogen and oxygen atoms in total. The number of nitrogens with two attached hydrogens (primary N) is 1. The van der Waals surface area contributed by atoms with E-state index in [2.05, 4.69) is 5.32 Å². The SMILES string of the molecule is CC1(C)c2nc(-c3ccc(F)c(F)c3)c(Nc3ccc(F)cc3)n2CCN1C(=O)CN. The predicted octanol–water partition coefficient (Wildman–Crippen LogP) is 3.75. The zero-order chi connectivity index (χ0) is 22.3. The Kier molecular flexibility index (Phi) is 5.22. The van der Waals surface area contributed by atoms with E-state index in [1.807, 2.05) is 18.4 Å². The molecule has 9 heteroatoms. The van der Waals surface area contributed by atoms with E-state index >= 15 is 0 Å². The Morgan fingerprint density at radius 2 is 1.81 bits per heavy atom. The monoisotopic (exact) mass is 429 g/mol. The van der Waals surface area contributed by atoms with Crippen LogP contribution in [-0.2, 0) is 16.9 Å². The Hall–Kier alpha value is -3.33. The van der Waals surface area contributed by atoms with E-state index in [1.165, 1.54) is 18.2 Å². The predicted molar refractivity (Wildman–Crippen MR) is 111 cm³/mol. The van der Waals surface area contributed by atoms with Crippen LogP contribution < -0.4 is 11.1 Å². The van der Waals surface area contributed by atoms with Crippen molar-refractivity contribution in [1.29, 1.82) is 0 Å². The molecule has 2 heterocycles. The Morgan fingerprint density at radius 1 is 1.10 bits per heavy atom. The summed E-state index contributed by atoms with van der Waals surface area (Å²) in [6.07, 6.45) is 0. The molecule has 0 saturated heterocycles. The van der Waals surface area contributed by atoms with Gasteiger partial charge in [-0.1, -0.05) is 0 Å². The van der Waals surface area contributed by atoms with Crippen molar-refractivity contribution in [2.24, 2.45) is 5.73 Å². The van der Waals surface area contributed by atoms with E-state index in [0.717, 1.165) is 12.1 Å². The van der Waals surface area contributed by atoms with Crippen molar-refractivity contribution in [3.63, 3.8) is 0 Å². The molecule has 31 heavy (non-hydrogen) atoms. The number of anilines is 2. The normalized spacial score (nSPS) is 15.0. The molecule has 0 unspecified atom stereocenters. The lowest BCUT2D eigenvalue weighted by molar-refractivity contribution is -0.137. The van der Waals surface area contributed by atoms with Crippen molar-refractivity contribution in [2.45, 2.75) is 25.9 Å². The number of imidazole rings is 1. The molecule has 1 aliphatic rings. The van der Waals surface area contributed by atoms with Crippen LogP contribution in [0.25, 0.3) is 11.3 Å². The summed E-state index contributed by atoms with van der Waals surface area (Å²) in [6.45, 7) is 4.41. The number of hydrogen-bond acceptors (Lipinski definition) is 4. The van der Waals surface area contributed by atoms with Crippen LogP contribution in [-0.4, -0.2) is 33.4 Å². The summed E-state index contributed by atoms with van der Waals surface area (Å²) in [7, 11) is 0. The van der Waals surface area contributed by atoms with Crippen molar-refractivity contribution in [3.05, 3.63) is 65.7 Å². The number of rotatable bonds is 4. The third-order valence-electron chi connectivity index (χ3n) is 5.51. The zero-order valence-corrected chi connectivity index (χ0v) is 17.1. The van der Waals surface area contributed by atoms with Gasteiger partial charge in [0.15, 0.2) is 11.6 Å². The Balaban J connectivity index is 1.88. The van der Waals surface area contributed by atoms with E-state index in [1.54, 1.807) is 17.0 Å². The molecule has 162 valence electrons. The number of carbonyl (C=O) groups excluding carboxylic acids is 1. The minimum absolute atomic E-state index is 0.124. The van der Waals surface area contributed by atoms with E-state index in [9.17, 15) is 18.0 Å². The van der Waals surface area contributed by atoms with Gasteiger partial charge in [0, 0.05) is 24.3 Å². The van der Waals surface area contributed by atoms with Gasteiger partial charge >= 0.3 is 0 Å². The van der Waals surface area contributed by atoms with E-state index in [4.69, 9.17) is 10.7 Å². The number of nitrogens with zero attached hydrogens (tertiary/aromatic N) is 3. The van der Waals surface area contributed by atoms with Crippen molar-refractivity contribution < 1.29 is 18.0 Å². The average molecular weight is 429 g/mol. The molecule has 0 spiro atoms. The van der Waals surface area contributed by atoms with Crippen LogP contribution in [0.5, 0.6) is 0 Å². The summed E-state index contributed by atoms with van der Waals surface area (Å²) in [5, 5.41) is 3.23. The van der Waals surface area contributed by atoms with Gasteiger partial charge in [-0.25, -0.2) is 18.2 Å². The van der Waals surface area contributed by atoms with Gasteiger partial charge in [0.1, 0.15) is 23.2 Å². The van der Waals surface area contributed by atoms with Crippen LogP contribution in [0.4, 0.5) is 24.7 Å². The van der Waals surface area contributed by atoms with Gasteiger partial charge in [0.05, 0.1) is 12.1 Å². The Morgan fingerprint density at radius 3 is 2.45 bits per heavy atom. The van der Waals surface area contributed by atoms with Crippen molar-refractivity contribution >= 4 is 17.4 Å². The molecule has 1 amide bonds. The van der Waals surface area contributed by atoms with Crippen LogP contribution in [0.1, 0.15) is 19.7 Å². The highest BCUT2D eigenvalue weighted by atomic mass is 19.2. The summed E-state index contributed by atoms with van der Waals surface area (Å²) in [4.78, 5) is 18.8. The van der Waals surface area contributed by atoms with Crippen LogP contribution in [0.2, 0.25) is 0 Å². The smallest absolute Gasteiger partial charge is 0.237 e. The number of aromatic nitrogens is 2. The molecular weight excluding hydrogens is 407 g/mol. The summed E-state index contributed by atoms with van der Waals surface area (Å²) in [6, 6.07) is 9.34. The number of amides is 1. The lowest BCUT2D eigenvalue weighted by Crippen LogP contribution is -2.53. The minimum Gasteiger partial charge on any atom is -0.340 e. The van der Waals surface area contributed by atoms with Crippen molar-refractivity contribution in [1.82, 2.24) is 14.5 Å². The summed E-state index contributed by atoms with van der Waals surface area (Å²) in [5.74, 6) is -1.41. The molecule has 4 rings (SSSR count). The standard InChI is InChI=1S/C22H22F3N5O/c1-22(2)21-28-19(13-3-8-16(24)17(25)11-13)20(27-15-6-4-14(23)5-7-15)29(21)9-10-30(22)18(31)12-26/h3-8,11,27H,9-10,12,26H2,1-2H3. The maximum absolute atomic E-state index is 14.0. The first-order chi connectivity index (χ1) is 14.7. The molecule has 1 aromatic heterocycles. The Labute approximate surface area is 177 Å². The largest absolute Gasteiger partial charge is 0.340 e. The lowest BCUT2D eigenvalue weighted by Gasteiger charge is -2.42. The third-order valence-corrected chi connectivity index (χ3v) is 5.51. The van der Waals surface area contributed by atoms with E-state index in [0.29, 0.717) is 41.7 Å². The molecule has 0 atom stereocenters. The molecular formula is C22H22F3N5O. The topological polar surface area (TPSA) is 76.2 Å². The summed E-state index contributed by atoms with van der Waals surface area (Å²) < 4.78 is 42.8. The fraction of sp³-hybridized carbons (Fsp3) is 0.273. The molecule has 0 bridgehead atoms. The van der Waals surface area contributed by atoms with E-state index in [-0.39, 0.29) is 18.3 Å². The molecule has 0 aliphatic carbocycles. The highest BCUT2D eigenvalue weighted by molar-refractivity contribution is 5.80. The maximum Gasteiger partial charge on any atom is 0.237 e. The fourth-order valence-electron chi connectivity index (χ4n) is 3.93. The van der Waals surface area contributed by atoms with Gasteiger partial charge in [-0.2, -0.15) is 0 Å². The maximum atomic E-state index is 14.0. The number of benzene rings is 2. The number of hydrogen-bond donors (Lipinski definition) is 2. The first-order valence-electron chi connectivity index (χ1n) is 9.82. The van der Waals surface area contributed by atoms with Gasteiger partial charge in [0.25, 0.3) is 0 Å². The fourth-order valence-corrected chi connectivity index (χ4v) is 3.93. The van der Waals surface area contributed by atoms with Crippen LogP contribution in [0, 0.1) is 17.5 Å². The van der Waals surface area contributed by atoms with Gasteiger partial charge in [-0.3, -0.25) is 4.79 Å². The second-order valence-electron chi connectivity index (χ2n) is 7.85. The van der Waals surface area contributed by atoms with Crippen LogP contribution in [0.3, 0.4) is 0 Å². The van der Waals surface area contributed by atoms with Crippen molar-refractivity contribution in [2.75, 3.05) is 18.4 Å². The average Bonchev–Trinajstić information content (AvgIpc) is 3.11. The molecule has 3 aromatic rings. The number of nitrogens with one attached hydrogen (secondary N) is 1. The second-order valence-corrected chi connectivity index (χ2v) is 7.85. The van der Waals surface area contributed by atoms with Crippen LogP contribution in [0.15, 0.2) is 42.5 Å².